The maximum absolute atomic E-state index is 12.1. The van der Waals surface area contributed by atoms with Crippen molar-refractivity contribution in [3.63, 3.8) is 0 Å². The van der Waals surface area contributed by atoms with Gasteiger partial charge in [-0.05, 0) is 23.7 Å². The van der Waals surface area contributed by atoms with Gasteiger partial charge in [-0.3, -0.25) is 4.31 Å². The number of rotatable bonds is 4. The SMILES string of the molecule is CN(c1c(Nc2nc(Cl)ncc2Cl)ccc2c1OCCO2)S(C)(=O)=O. The van der Waals surface area contributed by atoms with E-state index >= 15 is 0 Å². The van der Waals surface area contributed by atoms with E-state index in [4.69, 9.17) is 32.7 Å². The highest BCUT2D eigenvalue weighted by molar-refractivity contribution is 7.92. The number of nitrogens with zero attached hydrogens (tertiary/aromatic N) is 3. The molecule has 2 heterocycles. The Morgan fingerprint density at radius 2 is 1.96 bits per heavy atom. The van der Waals surface area contributed by atoms with Gasteiger partial charge in [0.2, 0.25) is 15.3 Å². The molecular formula is C14H14Cl2N4O4S. The van der Waals surface area contributed by atoms with Crippen LogP contribution in [0.2, 0.25) is 10.3 Å². The third-order valence-electron chi connectivity index (χ3n) is 3.46. The Kier molecular flexibility index (Phi) is 4.81. The standard InChI is InChI=1S/C14H14Cl2N4O4S/c1-20(25(2,21)22)11-9(3-4-10-12(11)24-6-5-23-10)18-13-8(15)7-17-14(16)19-13/h3-4,7H,5-6H2,1-2H3,(H,17,18,19). The van der Waals surface area contributed by atoms with E-state index < -0.39 is 10.0 Å². The number of benzene rings is 1. The minimum Gasteiger partial charge on any atom is -0.486 e. The molecule has 8 nitrogen and oxygen atoms in total. The molecule has 0 fully saturated rings. The zero-order valence-electron chi connectivity index (χ0n) is 13.3. The molecule has 1 aliphatic heterocycles. The number of nitrogens with one attached hydrogen (secondary N) is 1. The van der Waals surface area contributed by atoms with Gasteiger partial charge in [0.1, 0.15) is 23.9 Å². The molecule has 1 aliphatic rings. The molecule has 2 aromatic rings. The summed E-state index contributed by atoms with van der Waals surface area (Å²) in [5.74, 6) is 1.01. The van der Waals surface area contributed by atoms with Crippen LogP contribution in [-0.2, 0) is 10.0 Å². The van der Waals surface area contributed by atoms with E-state index in [1.54, 1.807) is 12.1 Å². The van der Waals surface area contributed by atoms with Crippen molar-refractivity contribution < 1.29 is 17.9 Å². The maximum Gasteiger partial charge on any atom is 0.232 e. The molecule has 1 N–H and O–H groups in total. The first-order chi connectivity index (χ1) is 11.8. The highest BCUT2D eigenvalue weighted by atomic mass is 35.5. The molecule has 0 bridgehead atoms. The van der Waals surface area contributed by atoms with Crippen molar-refractivity contribution in [2.75, 3.05) is 36.1 Å². The fraction of sp³-hybridized carbons (Fsp3) is 0.286. The van der Waals surface area contributed by atoms with Crippen molar-refractivity contribution in [3.05, 3.63) is 28.6 Å². The highest BCUT2D eigenvalue weighted by Gasteiger charge is 2.27. The van der Waals surface area contributed by atoms with Crippen LogP contribution in [0.1, 0.15) is 0 Å². The predicted molar refractivity (Wildman–Crippen MR) is 96.0 cm³/mol. The highest BCUT2D eigenvalue weighted by Crippen LogP contribution is 2.46. The third-order valence-corrected chi connectivity index (χ3v) is 5.10. The minimum atomic E-state index is -3.56. The van der Waals surface area contributed by atoms with Crippen LogP contribution in [0.4, 0.5) is 17.2 Å². The third kappa shape index (κ3) is 3.68. The first kappa shape index (κ1) is 17.8. The van der Waals surface area contributed by atoms with Gasteiger partial charge in [-0.25, -0.2) is 13.4 Å². The quantitative estimate of drug-likeness (QED) is 0.782. The minimum absolute atomic E-state index is 0.00228. The Balaban J connectivity index is 2.14. The van der Waals surface area contributed by atoms with Gasteiger partial charge in [-0.1, -0.05) is 11.6 Å². The normalized spacial score (nSPS) is 13.4. The number of anilines is 3. The lowest BCUT2D eigenvalue weighted by atomic mass is 10.2. The summed E-state index contributed by atoms with van der Waals surface area (Å²) in [6.07, 6.45) is 2.44. The molecule has 0 atom stereocenters. The first-order valence-electron chi connectivity index (χ1n) is 7.09. The van der Waals surface area contributed by atoms with E-state index in [2.05, 4.69) is 15.3 Å². The van der Waals surface area contributed by atoms with Gasteiger partial charge < -0.3 is 14.8 Å². The Labute approximate surface area is 154 Å². The second kappa shape index (κ2) is 6.74. The average molecular weight is 405 g/mol. The maximum atomic E-state index is 12.1. The van der Waals surface area contributed by atoms with Crippen LogP contribution < -0.4 is 19.1 Å². The molecule has 0 saturated carbocycles. The number of ether oxygens (including phenoxy) is 2. The molecule has 0 spiro atoms. The van der Waals surface area contributed by atoms with Crippen molar-refractivity contribution in [1.29, 1.82) is 0 Å². The number of fused-ring (bicyclic) bond motifs is 1. The number of sulfonamides is 1. The van der Waals surface area contributed by atoms with Gasteiger partial charge in [-0.15, -0.1) is 0 Å². The molecule has 0 saturated heterocycles. The van der Waals surface area contributed by atoms with Crippen molar-refractivity contribution in [2.45, 2.75) is 0 Å². The second-order valence-corrected chi connectivity index (χ2v) is 7.94. The van der Waals surface area contributed by atoms with Crippen molar-refractivity contribution in [2.24, 2.45) is 0 Å². The molecule has 1 aromatic carbocycles. The molecule has 134 valence electrons. The number of halogens is 2. The monoisotopic (exact) mass is 404 g/mol. The summed E-state index contributed by atoms with van der Waals surface area (Å²) in [6, 6.07) is 3.32. The summed E-state index contributed by atoms with van der Waals surface area (Å²) >= 11 is 11.9. The molecule has 25 heavy (non-hydrogen) atoms. The van der Waals surface area contributed by atoms with Crippen LogP contribution in [0.15, 0.2) is 18.3 Å². The smallest absolute Gasteiger partial charge is 0.232 e. The molecule has 1 aromatic heterocycles. The average Bonchev–Trinajstić information content (AvgIpc) is 2.56. The zero-order chi connectivity index (χ0) is 18.2. The van der Waals surface area contributed by atoms with Gasteiger partial charge >= 0.3 is 0 Å². The summed E-state index contributed by atoms with van der Waals surface area (Å²) in [5.41, 5.74) is 0.694. The van der Waals surface area contributed by atoms with Gasteiger partial charge in [0.05, 0.1) is 18.1 Å². The van der Waals surface area contributed by atoms with Crippen LogP contribution in [0.3, 0.4) is 0 Å². The van der Waals surface area contributed by atoms with Crippen LogP contribution in [0, 0.1) is 0 Å². The Morgan fingerprint density at radius 1 is 1.24 bits per heavy atom. The number of aromatic nitrogens is 2. The fourth-order valence-electron chi connectivity index (χ4n) is 2.24. The molecule has 11 heteroatoms. The molecule has 0 unspecified atom stereocenters. The first-order valence-corrected chi connectivity index (χ1v) is 9.69. The lowest BCUT2D eigenvalue weighted by Crippen LogP contribution is -2.27. The molecule has 0 aliphatic carbocycles. The number of hydrogen-bond acceptors (Lipinski definition) is 7. The number of hydrogen-bond donors (Lipinski definition) is 1. The Hall–Kier alpha value is -1.97. The van der Waals surface area contributed by atoms with Gasteiger partial charge in [0.25, 0.3) is 0 Å². The van der Waals surface area contributed by atoms with Crippen LogP contribution in [0.25, 0.3) is 0 Å². The van der Waals surface area contributed by atoms with E-state index in [0.29, 0.717) is 30.4 Å². The molecule has 3 rings (SSSR count). The summed E-state index contributed by atoms with van der Waals surface area (Å²) in [4.78, 5) is 7.79. The van der Waals surface area contributed by atoms with Gasteiger partial charge in [0, 0.05) is 7.05 Å². The molecule has 0 radical (unpaired) electrons. The van der Waals surface area contributed by atoms with E-state index in [1.165, 1.54) is 13.2 Å². The van der Waals surface area contributed by atoms with E-state index in [0.717, 1.165) is 10.6 Å². The Morgan fingerprint density at radius 3 is 2.68 bits per heavy atom. The Bertz CT molecular complexity index is 923. The lowest BCUT2D eigenvalue weighted by Gasteiger charge is -2.27. The predicted octanol–water partition coefficient (Wildman–Crippen LogP) is 2.69. The van der Waals surface area contributed by atoms with Crippen molar-refractivity contribution in [1.82, 2.24) is 9.97 Å². The van der Waals surface area contributed by atoms with E-state index in [-0.39, 0.29) is 21.8 Å². The topological polar surface area (TPSA) is 93.7 Å². The van der Waals surface area contributed by atoms with E-state index in [9.17, 15) is 8.42 Å². The van der Waals surface area contributed by atoms with Crippen molar-refractivity contribution >= 4 is 50.4 Å². The summed E-state index contributed by atoms with van der Waals surface area (Å²) < 4.78 is 36.4. The van der Waals surface area contributed by atoms with Crippen molar-refractivity contribution in [3.8, 4) is 11.5 Å². The van der Waals surface area contributed by atoms with Crippen LogP contribution in [-0.4, -0.2) is 44.9 Å². The summed E-state index contributed by atoms with van der Waals surface area (Å²) in [5, 5.41) is 3.21. The summed E-state index contributed by atoms with van der Waals surface area (Å²) in [7, 11) is -2.14. The van der Waals surface area contributed by atoms with Crippen LogP contribution >= 0.6 is 23.2 Å². The molecular weight excluding hydrogens is 391 g/mol. The zero-order valence-corrected chi connectivity index (χ0v) is 15.6. The molecule has 0 amide bonds. The largest absolute Gasteiger partial charge is 0.486 e. The lowest BCUT2D eigenvalue weighted by molar-refractivity contribution is 0.172. The van der Waals surface area contributed by atoms with Gasteiger partial charge in [-0.2, -0.15) is 4.98 Å². The van der Waals surface area contributed by atoms with Gasteiger partial charge in [0.15, 0.2) is 17.3 Å². The fourth-order valence-corrected chi connectivity index (χ4v) is 3.03. The van der Waals surface area contributed by atoms with Crippen LogP contribution in [0.5, 0.6) is 11.5 Å². The van der Waals surface area contributed by atoms with E-state index in [1.807, 2.05) is 0 Å². The second-order valence-electron chi connectivity index (χ2n) is 5.18. The summed E-state index contributed by atoms with van der Waals surface area (Å²) in [6.45, 7) is 0.691.